The van der Waals surface area contributed by atoms with E-state index in [0.29, 0.717) is 12.3 Å². The van der Waals surface area contributed by atoms with Crippen LogP contribution in [0, 0.1) is 0 Å². The second-order valence-electron chi connectivity index (χ2n) is 3.91. The first-order chi connectivity index (χ1) is 6.65. The molecule has 3 nitrogen and oxygen atoms in total. The van der Waals surface area contributed by atoms with Crippen molar-refractivity contribution in [3.63, 3.8) is 0 Å². The fourth-order valence-corrected chi connectivity index (χ4v) is 1.19. The van der Waals surface area contributed by atoms with Crippen molar-refractivity contribution < 1.29 is 0 Å². The Bertz CT molecular complexity index is 128. The Labute approximate surface area is 89.2 Å². The van der Waals surface area contributed by atoms with Gasteiger partial charge in [0.2, 0.25) is 0 Å². The maximum atomic E-state index is 3.57. The SMILES string of the molecule is CCCN[C@H](N[C@@H](C)CC)N(C)CC. The van der Waals surface area contributed by atoms with Gasteiger partial charge in [0.1, 0.15) is 6.29 Å². The minimum Gasteiger partial charge on any atom is -0.289 e. The van der Waals surface area contributed by atoms with Crippen LogP contribution in [0.1, 0.15) is 40.5 Å². The van der Waals surface area contributed by atoms with E-state index in [0.717, 1.165) is 13.1 Å². The van der Waals surface area contributed by atoms with Crippen molar-refractivity contribution >= 4 is 0 Å². The molecule has 0 saturated carbocycles. The molecule has 0 aromatic carbocycles. The first kappa shape index (κ1) is 13.9. The molecule has 0 saturated heterocycles. The summed E-state index contributed by atoms with van der Waals surface area (Å²) in [4.78, 5) is 2.29. The Morgan fingerprint density at radius 3 is 2.29 bits per heavy atom. The summed E-state index contributed by atoms with van der Waals surface area (Å²) in [6.45, 7) is 10.9. The van der Waals surface area contributed by atoms with Gasteiger partial charge >= 0.3 is 0 Å². The fraction of sp³-hybridized carbons (Fsp3) is 1.00. The third-order valence-corrected chi connectivity index (χ3v) is 2.58. The molecule has 86 valence electrons. The minimum absolute atomic E-state index is 0.315. The summed E-state index contributed by atoms with van der Waals surface area (Å²) < 4.78 is 0. The summed E-state index contributed by atoms with van der Waals surface area (Å²) in [5, 5.41) is 7.07. The van der Waals surface area contributed by atoms with Crippen molar-refractivity contribution in [3.8, 4) is 0 Å². The summed E-state index contributed by atoms with van der Waals surface area (Å²) in [6, 6.07) is 0.568. The van der Waals surface area contributed by atoms with E-state index in [1.54, 1.807) is 0 Å². The van der Waals surface area contributed by atoms with E-state index in [4.69, 9.17) is 0 Å². The average molecular weight is 201 g/mol. The van der Waals surface area contributed by atoms with E-state index in [2.05, 4.69) is 50.3 Å². The molecule has 0 radical (unpaired) electrons. The molecule has 0 bridgehead atoms. The van der Waals surface area contributed by atoms with Crippen molar-refractivity contribution in [1.29, 1.82) is 0 Å². The molecule has 0 fully saturated rings. The standard InChI is InChI=1S/C11H27N3/c1-6-9-12-11(14(5)8-3)13-10(4)7-2/h10-13H,6-9H2,1-5H3/t10-,11+/m0/s1. The van der Waals surface area contributed by atoms with E-state index < -0.39 is 0 Å². The molecule has 3 heteroatoms. The largest absolute Gasteiger partial charge is 0.289 e. The monoisotopic (exact) mass is 201 g/mol. The molecule has 0 amide bonds. The van der Waals surface area contributed by atoms with Gasteiger partial charge in [-0.2, -0.15) is 0 Å². The summed E-state index contributed by atoms with van der Waals surface area (Å²) in [7, 11) is 2.14. The quantitative estimate of drug-likeness (QED) is 0.584. The summed E-state index contributed by atoms with van der Waals surface area (Å²) in [5.74, 6) is 0. The molecule has 14 heavy (non-hydrogen) atoms. The topological polar surface area (TPSA) is 27.3 Å². The van der Waals surface area contributed by atoms with E-state index in [-0.39, 0.29) is 0 Å². The van der Waals surface area contributed by atoms with Gasteiger partial charge in [0.25, 0.3) is 0 Å². The van der Waals surface area contributed by atoms with E-state index in [1.165, 1.54) is 12.8 Å². The number of hydrogen-bond acceptors (Lipinski definition) is 3. The fourth-order valence-electron chi connectivity index (χ4n) is 1.19. The van der Waals surface area contributed by atoms with Crippen LogP contribution < -0.4 is 10.6 Å². The predicted octanol–water partition coefficient (Wildman–Crippen LogP) is 1.61. The molecule has 2 N–H and O–H groups in total. The normalized spacial score (nSPS) is 15.9. The summed E-state index contributed by atoms with van der Waals surface area (Å²) in [5.41, 5.74) is 0. The third-order valence-electron chi connectivity index (χ3n) is 2.58. The molecule has 2 atom stereocenters. The molecule has 0 aromatic rings. The van der Waals surface area contributed by atoms with Gasteiger partial charge in [0.15, 0.2) is 0 Å². The van der Waals surface area contributed by atoms with Crippen molar-refractivity contribution in [2.24, 2.45) is 0 Å². The van der Waals surface area contributed by atoms with Crippen LogP contribution in [0.25, 0.3) is 0 Å². The van der Waals surface area contributed by atoms with Crippen LogP contribution in [-0.4, -0.2) is 37.4 Å². The number of rotatable bonds is 8. The van der Waals surface area contributed by atoms with Gasteiger partial charge in [-0.1, -0.05) is 20.8 Å². The van der Waals surface area contributed by atoms with Gasteiger partial charge < -0.3 is 0 Å². The highest BCUT2D eigenvalue weighted by Crippen LogP contribution is 1.94. The van der Waals surface area contributed by atoms with Crippen LogP contribution in [-0.2, 0) is 0 Å². The molecule has 0 aromatic heterocycles. The Kier molecular flexibility index (Phi) is 8.14. The second kappa shape index (κ2) is 8.21. The Hall–Kier alpha value is -0.120. The van der Waals surface area contributed by atoms with Gasteiger partial charge in [0.05, 0.1) is 0 Å². The number of hydrogen-bond donors (Lipinski definition) is 2. The lowest BCUT2D eigenvalue weighted by Crippen LogP contribution is -2.55. The molecule has 0 heterocycles. The van der Waals surface area contributed by atoms with E-state index in [9.17, 15) is 0 Å². The van der Waals surface area contributed by atoms with Crippen LogP contribution in [0.2, 0.25) is 0 Å². The summed E-state index contributed by atoms with van der Waals surface area (Å²) in [6.07, 6.45) is 2.66. The first-order valence-corrected chi connectivity index (χ1v) is 5.85. The number of nitrogens with one attached hydrogen (secondary N) is 2. The van der Waals surface area contributed by atoms with Crippen LogP contribution in [0.15, 0.2) is 0 Å². The van der Waals surface area contributed by atoms with E-state index in [1.807, 2.05) is 0 Å². The van der Waals surface area contributed by atoms with E-state index >= 15 is 0 Å². The van der Waals surface area contributed by atoms with Crippen molar-refractivity contribution in [3.05, 3.63) is 0 Å². The Morgan fingerprint density at radius 1 is 1.21 bits per heavy atom. The van der Waals surface area contributed by atoms with Crippen LogP contribution in [0.3, 0.4) is 0 Å². The highest BCUT2D eigenvalue weighted by atomic mass is 15.4. The molecule has 0 aliphatic heterocycles. The molecule has 0 rings (SSSR count). The van der Waals surface area contributed by atoms with Gasteiger partial charge in [0, 0.05) is 6.04 Å². The second-order valence-corrected chi connectivity index (χ2v) is 3.91. The highest BCUT2D eigenvalue weighted by molar-refractivity contribution is 4.67. The molecule has 0 unspecified atom stereocenters. The molecule has 0 aliphatic carbocycles. The van der Waals surface area contributed by atoms with Crippen LogP contribution in [0.5, 0.6) is 0 Å². The molecule has 0 spiro atoms. The Morgan fingerprint density at radius 2 is 1.86 bits per heavy atom. The van der Waals surface area contributed by atoms with Crippen LogP contribution in [0.4, 0.5) is 0 Å². The van der Waals surface area contributed by atoms with Crippen molar-refractivity contribution in [2.75, 3.05) is 20.1 Å². The zero-order valence-corrected chi connectivity index (χ0v) is 10.4. The van der Waals surface area contributed by atoms with Crippen LogP contribution >= 0.6 is 0 Å². The maximum Gasteiger partial charge on any atom is 0.114 e. The smallest absolute Gasteiger partial charge is 0.114 e. The third kappa shape index (κ3) is 5.58. The highest BCUT2D eigenvalue weighted by Gasteiger charge is 2.13. The lowest BCUT2D eigenvalue weighted by atomic mass is 10.2. The lowest BCUT2D eigenvalue weighted by molar-refractivity contribution is 0.161. The first-order valence-electron chi connectivity index (χ1n) is 5.85. The van der Waals surface area contributed by atoms with Gasteiger partial charge in [-0.25, -0.2) is 0 Å². The minimum atomic E-state index is 0.315. The van der Waals surface area contributed by atoms with Gasteiger partial charge in [-0.15, -0.1) is 0 Å². The Balaban J connectivity index is 3.96. The zero-order valence-electron chi connectivity index (χ0n) is 10.4. The molecular formula is C11H27N3. The average Bonchev–Trinajstić information content (AvgIpc) is 2.22. The number of nitrogens with zero attached hydrogens (tertiary/aromatic N) is 1. The zero-order chi connectivity index (χ0) is 11.0. The van der Waals surface area contributed by atoms with Crippen molar-refractivity contribution in [2.45, 2.75) is 52.9 Å². The lowest BCUT2D eigenvalue weighted by Gasteiger charge is -2.31. The maximum absolute atomic E-state index is 3.57. The molecule has 0 aliphatic rings. The summed E-state index contributed by atoms with van der Waals surface area (Å²) >= 11 is 0. The predicted molar refractivity (Wildman–Crippen MR) is 63.3 cm³/mol. The van der Waals surface area contributed by atoms with Gasteiger partial charge in [-0.05, 0) is 39.9 Å². The molecular weight excluding hydrogens is 174 g/mol. The van der Waals surface area contributed by atoms with Crippen molar-refractivity contribution in [1.82, 2.24) is 15.5 Å². The van der Waals surface area contributed by atoms with Gasteiger partial charge in [-0.3, -0.25) is 15.5 Å².